The van der Waals surface area contributed by atoms with Gasteiger partial charge < -0.3 is 25.7 Å². The Kier molecular flexibility index (Phi) is 38.0. The average Bonchev–Trinajstić information content (AvgIpc) is 3.09. The molecule has 0 fully saturated rings. The maximum atomic E-state index is 12.4. The van der Waals surface area contributed by atoms with Crippen molar-refractivity contribution < 1.29 is 25.2 Å². The zero-order chi connectivity index (χ0) is 36.0. The number of aliphatic hydroxyl groups is 4. The first-order valence-corrected chi connectivity index (χ1v) is 21.9. The lowest BCUT2D eigenvalue weighted by Gasteiger charge is -2.23. The molecule has 49 heavy (non-hydrogen) atoms. The van der Waals surface area contributed by atoms with Crippen LogP contribution >= 0.6 is 0 Å². The van der Waals surface area contributed by atoms with Gasteiger partial charge in [-0.1, -0.05) is 200 Å². The monoisotopic (exact) mass is 698 g/mol. The smallest absolute Gasteiger partial charge is 0.222 e. The Bertz CT molecular complexity index is 662. The maximum Gasteiger partial charge on any atom is 0.222 e. The molecule has 0 spiro atoms. The Balaban J connectivity index is 3.65. The zero-order valence-corrected chi connectivity index (χ0v) is 33.0. The molecule has 4 atom stereocenters. The van der Waals surface area contributed by atoms with E-state index in [0.717, 1.165) is 32.1 Å². The second kappa shape index (κ2) is 38.5. The lowest BCUT2D eigenvalue weighted by molar-refractivity contribution is -0.123. The second-order valence-corrected chi connectivity index (χ2v) is 15.5. The highest BCUT2D eigenvalue weighted by atomic mass is 16.3. The SMILES string of the molecule is CCCCCCCCCCCCCCCCCCCCCC(O)CC(=O)NCC(CO)C(O)CCC(O)CCCCCCCCCCCC. The standard InChI is InChI=1S/C43H87NO5/c1-3-5-7-9-11-13-15-16-17-18-19-20-21-22-23-25-27-29-31-33-41(47)36-43(49)44-37-39(38-45)42(48)35-34-40(46)32-30-28-26-24-14-12-10-8-6-4-2/h39-42,45-48H,3-38H2,1-2H3,(H,44,49). The number of unbranched alkanes of at least 4 members (excludes halogenated alkanes) is 27. The van der Waals surface area contributed by atoms with Gasteiger partial charge in [0.25, 0.3) is 0 Å². The number of aliphatic hydroxyl groups excluding tert-OH is 4. The summed E-state index contributed by atoms with van der Waals surface area (Å²) in [6.45, 7) is 4.48. The van der Waals surface area contributed by atoms with Crippen molar-refractivity contribution >= 4 is 5.91 Å². The van der Waals surface area contributed by atoms with Crippen molar-refractivity contribution in [3.8, 4) is 0 Å². The van der Waals surface area contributed by atoms with E-state index in [1.165, 1.54) is 161 Å². The molecule has 0 radical (unpaired) electrons. The van der Waals surface area contributed by atoms with E-state index in [4.69, 9.17) is 0 Å². The average molecular weight is 698 g/mol. The van der Waals surface area contributed by atoms with Crippen LogP contribution in [0, 0.1) is 5.92 Å². The van der Waals surface area contributed by atoms with Gasteiger partial charge in [0, 0.05) is 12.5 Å². The molecule has 0 aromatic carbocycles. The molecule has 0 aromatic rings. The molecule has 0 heterocycles. The fourth-order valence-electron chi connectivity index (χ4n) is 7.02. The topological polar surface area (TPSA) is 110 Å². The van der Waals surface area contributed by atoms with E-state index < -0.39 is 24.2 Å². The molecule has 0 aromatic heterocycles. The van der Waals surface area contributed by atoms with Gasteiger partial charge in [0.05, 0.1) is 31.3 Å². The summed E-state index contributed by atoms with van der Waals surface area (Å²) in [5, 5.41) is 43.8. The van der Waals surface area contributed by atoms with E-state index in [9.17, 15) is 25.2 Å². The van der Waals surface area contributed by atoms with E-state index in [1.807, 2.05) is 0 Å². The molecule has 0 saturated heterocycles. The summed E-state index contributed by atoms with van der Waals surface area (Å²) in [7, 11) is 0. The third kappa shape index (κ3) is 35.5. The van der Waals surface area contributed by atoms with E-state index in [0.29, 0.717) is 19.3 Å². The number of carbonyl (C=O) groups is 1. The summed E-state index contributed by atoms with van der Waals surface area (Å²) in [5.41, 5.74) is 0. The molecule has 6 nitrogen and oxygen atoms in total. The van der Waals surface area contributed by atoms with Crippen LogP contribution in [-0.4, -0.2) is 57.8 Å². The van der Waals surface area contributed by atoms with Crippen LogP contribution in [0.15, 0.2) is 0 Å². The number of carbonyl (C=O) groups excluding carboxylic acids is 1. The number of hydrogen-bond acceptors (Lipinski definition) is 5. The number of hydrogen-bond donors (Lipinski definition) is 5. The van der Waals surface area contributed by atoms with Gasteiger partial charge in [0.1, 0.15) is 0 Å². The molecule has 0 saturated carbocycles. The Morgan fingerprint density at radius 3 is 1.12 bits per heavy atom. The summed E-state index contributed by atoms with van der Waals surface area (Å²) in [5.74, 6) is -0.706. The second-order valence-electron chi connectivity index (χ2n) is 15.5. The van der Waals surface area contributed by atoms with Gasteiger partial charge in [-0.3, -0.25) is 4.79 Å². The van der Waals surface area contributed by atoms with Crippen LogP contribution in [-0.2, 0) is 4.79 Å². The zero-order valence-electron chi connectivity index (χ0n) is 33.0. The van der Waals surface area contributed by atoms with Crippen molar-refractivity contribution in [1.82, 2.24) is 5.32 Å². The van der Waals surface area contributed by atoms with Crippen LogP contribution in [0.25, 0.3) is 0 Å². The Morgan fingerprint density at radius 1 is 0.449 bits per heavy atom. The molecule has 5 N–H and O–H groups in total. The van der Waals surface area contributed by atoms with Crippen LogP contribution in [0.1, 0.15) is 232 Å². The quantitative estimate of drug-likeness (QED) is 0.0409. The van der Waals surface area contributed by atoms with Gasteiger partial charge in [-0.25, -0.2) is 0 Å². The predicted octanol–water partition coefficient (Wildman–Crippen LogP) is 11.1. The molecule has 0 rings (SSSR count). The molecule has 0 aliphatic heterocycles. The van der Waals surface area contributed by atoms with Crippen LogP contribution in [0.3, 0.4) is 0 Å². The fourth-order valence-corrected chi connectivity index (χ4v) is 7.02. The molecule has 4 unspecified atom stereocenters. The molecule has 0 bridgehead atoms. The molecule has 6 heteroatoms. The normalized spacial score (nSPS) is 14.2. The first kappa shape index (κ1) is 48.3. The summed E-state index contributed by atoms with van der Waals surface area (Å²) in [6, 6.07) is 0. The molecule has 1 amide bonds. The summed E-state index contributed by atoms with van der Waals surface area (Å²) in [6.07, 6.45) is 38.6. The van der Waals surface area contributed by atoms with Gasteiger partial charge >= 0.3 is 0 Å². The van der Waals surface area contributed by atoms with Crippen molar-refractivity contribution in [3.05, 3.63) is 0 Å². The predicted molar refractivity (Wildman–Crippen MR) is 210 cm³/mol. The molecule has 0 aliphatic carbocycles. The molecule has 294 valence electrons. The van der Waals surface area contributed by atoms with E-state index in [2.05, 4.69) is 19.2 Å². The third-order valence-corrected chi connectivity index (χ3v) is 10.6. The van der Waals surface area contributed by atoms with Gasteiger partial charge in [-0.05, 0) is 25.7 Å². The minimum absolute atomic E-state index is 0.0604. The lowest BCUT2D eigenvalue weighted by Crippen LogP contribution is -2.38. The molecule has 0 aliphatic rings. The molecular weight excluding hydrogens is 610 g/mol. The molecular formula is C43H87NO5. The number of nitrogens with one attached hydrogen (secondary N) is 1. The lowest BCUT2D eigenvalue weighted by atomic mass is 9.96. The van der Waals surface area contributed by atoms with Crippen molar-refractivity contribution in [2.45, 2.75) is 250 Å². The minimum atomic E-state index is -0.776. The van der Waals surface area contributed by atoms with E-state index in [1.54, 1.807) is 0 Å². The summed E-state index contributed by atoms with van der Waals surface area (Å²) < 4.78 is 0. The van der Waals surface area contributed by atoms with Crippen molar-refractivity contribution in [3.63, 3.8) is 0 Å². The highest BCUT2D eigenvalue weighted by Gasteiger charge is 2.21. The number of amides is 1. The number of rotatable bonds is 40. The largest absolute Gasteiger partial charge is 0.396 e. The van der Waals surface area contributed by atoms with Gasteiger partial charge in [0.15, 0.2) is 0 Å². The highest BCUT2D eigenvalue weighted by Crippen LogP contribution is 2.18. The van der Waals surface area contributed by atoms with Gasteiger partial charge in [-0.2, -0.15) is 0 Å². The fraction of sp³-hybridized carbons (Fsp3) is 0.977. The van der Waals surface area contributed by atoms with Crippen molar-refractivity contribution in [2.24, 2.45) is 5.92 Å². The summed E-state index contributed by atoms with van der Waals surface area (Å²) >= 11 is 0. The first-order valence-electron chi connectivity index (χ1n) is 21.9. The van der Waals surface area contributed by atoms with Gasteiger partial charge in [-0.15, -0.1) is 0 Å². The maximum absolute atomic E-state index is 12.4. The van der Waals surface area contributed by atoms with E-state index in [-0.39, 0.29) is 25.5 Å². The van der Waals surface area contributed by atoms with Crippen LogP contribution in [0.2, 0.25) is 0 Å². The Labute approximate surface area is 305 Å². The highest BCUT2D eigenvalue weighted by molar-refractivity contribution is 5.76. The minimum Gasteiger partial charge on any atom is -0.396 e. The Hall–Kier alpha value is -0.690. The van der Waals surface area contributed by atoms with Crippen LogP contribution in [0.4, 0.5) is 0 Å². The van der Waals surface area contributed by atoms with Crippen LogP contribution < -0.4 is 5.32 Å². The Morgan fingerprint density at radius 2 is 0.776 bits per heavy atom. The summed E-state index contributed by atoms with van der Waals surface area (Å²) in [4.78, 5) is 12.4. The van der Waals surface area contributed by atoms with Crippen LogP contribution in [0.5, 0.6) is 0 Å². The van der Waals surface area contributed by atoms with Crippen molar-refractivity contribution in [1.29, 1.82) is 0 Å². The third-order valence-electron chi connectivity index (χ3n) is 10.6. The first-order chi connectivity index (χ1) is 23.9. The van der Waals surface area contributed by atoms with E-state index >= 15 is 0 Å². The van der Waals surface area contributed by atoms with Crippen molar-refractivity contribution in [2.75, 3.05) is 13.2 Å². The van der Waals surface area contributed by atoms with Gasteiger partial charge in [0.2, 0.25) is 5.91 Å².